The minimum Gasteiger partial charge on any atom is -0.478 e. The fourth-order valence-corrected chi connectivity index (χ4v) is 3.54. The zero-order valence-electron chi connectivity index (χ0n) is 11.4. The summed E-state index contributed by atoms with van der Waals surface area (Å²) < 4.78 is 13.9. The van der Waals surface area contributed by atoms with Crippen LogP contribution in [0.2, 0.25) is 0 Å². The second kappa shape index (κ2) is 6.53. The van der Waals surface area contributed by atoms with Crippen LogP contribution in [0.5, 0.6) is 0 Å². The third-order valence-electron chi connectivity index (χ3n) is 2.78. The minimum atomic E-state index is -1.06. The van der Waals surface area contributed by atoms with Crippen LogP contribution in [0.3, 0.4) is 0 Å². The molecule has 0 unspecified atom stereocenters. The molecule has 110 valence electrons. The molecule has 0 saturated heterocycles. The van der Waals surface area contributed by atoms with E-state index in [-0.39, 0.29) is 11.4 Å². The Labute approximate surface area is 133 Å². The summed E-state index contributed by atoms with van der Waals surface area (Å²) in [6.07, 6.45) is 0. The molecular formula is C14H12BrFN2O2S. The number of hydrogen-bond donors (Lipinski definition) is 1. The maximum atomic E-state index is 13.5. The second-order valence-electron chi connectivity index (χ2n) is 4.34. The molecular weight excluding hydrogens is 359 g/mol. The van der Waals surface area contributed by atoms with E-state index < -0.39 is 5.97 Å². The van der Waals surface area contributed by atoms with E-state index in [1.165, 1.54) is 17.8 Å². The van der Waals surface area contributed by atoms with Crippen molar-refractivity contribution in [2.75, 3.05) is 0 Å². The van der Waals surface area contributed by atoms with Crippen molar-refractivity contribution in [3.8, 4) is 0 Å². The van der Waals surface area contributed by atoms with Gasteiger partial charge in [-0.2, -0.15) is 0 Å². The highest BCUT2D eigenvalue weighted by molar-refractivity contribution is 9.10. The Morgan fingerprint density at radius 3 is 2.76 bits per heavy atom. The number of carbonyl (C=O) groups is 1. The zero-order valence-corrected chi connectivity index (χ0v) is 13.8. The number of carboxylic acid groups (broad SMARTS) is 1. The lowest BCUT2D eigenvalue weighted by Crippen LogP contribution is -2.08. The van der Waals surface area contributed by atoms with Crippen molar-refractivity contribution in [2.45, 2.75) is 24.6 Å². The number of carboxylic acids is 1. The van der Waals surface area contributed by atoms with Gasteiger partial charge in [0.05, 0.1) is 10.2 Å². The van der Waals surface area contributed by atoms with Crippen molar-refractivity contribution in [3.05, 3.63) is 51.1 Å². The molecule has 0 aliphatic heterocycles. The van der Waals surface area contributed by atoms with E-state index in [0.717, 1.165) is 5.56 Å². The van der Waals surface area contributed by atoms with Crippen molar-refractivity contribution in [1.29, 1.82) is 0 Å². The van der Waals surface area contributed by atoms with Gasteiger partial charge in [0.1, 0.15) is 22.2 Å². The van der Waals surface area contributed by atoms with Gasteiger partial charge in [0.2, 0.25) is 0 Å². The number of aromatic nitrogens is 2. The number of hydrogen-bond acceptors (Lipinski definition) is 4. The highest BCUT2D eigenvalue weighted by atomic mass is 79.9. The molecule has 21 heavy (non-hydrogen) atoms. The number of nitrogens with zero attached hydrogens (tertiary/aromatic N) is 2. The monoisotopic (exact) mass is 370 g/mol. The van der Waals surface area contributed by atoms with Crippen molar-refractivity contribution in [2.24, 2.45) is 0 Å². The van der Waals surface area contributed by atoms with Gasteiger partial charge in [-0.3, -0.25) is 0 Å². The molecule has 2 aromatic rings. The Balaban J connectivity index is 2.32. The number of benzene rings is 1. The fourth-order valence-electron chi connectivity index (χ4n) is 1.84. The van der Waals surface area contributed by atoms with Crippen molar-refractivity contribution < 1.29 is 14.3 Å². The van der Waals surface area contributed by atoms with Gasteiger partial charge in [0.15, 0.2) is 0 Å². The SMILES string of the molecule is Cc1nc(C)c(C(=O)O)c(SCc2cccc(F)c2Br)n1. The molecule has 0 radical (unpaired) electrons. The quantitative estimate of drug-likeness (QED) is 0.651. The summed E-state index contributed by atoms with van der Waals surface area (Å²) in [5.41, 5.74) is 1.26. The zero-order chi connectivity index (χ0) is 15.6. The van der Waals surface area contributed by atoms with Gasteiger partial charge in [-0.1, -0.05) is 12.1 Å². The molecule has 7 heteroatoms. The second-order valence-corrected chi connectivity index (χ2v) is 6.10. The first kappa shape index (κ1) is 15.9. The first-order chi connectivity index (χ1) is 9.90. The summed E-state index contributed by atoms with van der Waals surface area (Å²) in [6, 6.07) is 4.76. The van der Waals surface area contributed by atoms with E-state index in [1.807, 2.05) is 0 Å². The van der Waals surface area contributed by atoms with Crippen LogP contribution < -0.4 is 0 Å². The van der Waals surface area contributed by atoms with Crippen LogP contribution in [-0.2, 0) is 5.75 Å². The minimum absolute atomic E-state index is 0.0955. The lowest BCUT2D eigenvalue weighted by Gasteiger charge is -2.09. The van der Waals surface area contributed by atoms with Crippen LogP contribution in [0.4, 0.5) is 4.39 Å². The maximum absolute atomic E-state index is 13.5. The van der Waals surface area contributed by atoms with Gasteiger partial charge in [-0.25, -0.2) is 19.2 Å². The van der Waals surface area contributed by atoms with Crippen molar-refractivity contribution >= 4 is 33.7 Å². The Kier molecular flexibility index (Phi) is 4.95. The van der Waals surface area contributed by atoms with Gasteiger partial charge in [0.25, 0.3) is 0 Å². The molecule has 0 aliphatic carbocycles. The van der Waals surface area contributed by atoms with Crippen LogP contribution in [0.15, 0.2) is 27.7 Å². The Morgan fingerprint density at radius 1 is 1.38 bits per heavy atom. The van der Waals surface area contributed by atoms with Gasteiger partial charge >= 0.3 is 5.97 Å². The molecule has 1 aromatic carbocycles. The number of thioether (sulfide) groups is 1. The standard InChI is InChI=1S/C14H12BrFN2O2S/c1-7-11(14(19)20)13(18-8(2)17-7)21-6-9-4-3-5-10(16)12(9)15/h3-5H,6H2,1-2H3,(H,19,20). The summed E-state index contributed by atoms with van der Waals surface area (Å²) in [4.78, 5) is 19.6. The number of halogens is 2. The smallest absolute Gasteiger partial charge is 0.340 e. The highest BCUT2D eigenvalue weighted by Gasteiger charge is 2.18. The highest BCUT2D eigenvalue weighted by Crippen LogP contribution is 2.30. The molecule has 0 bridgehead atoms. The molecule has 1 aromatic heterocycles. The molecule has 0 fully saturated rings. The predicted octanol–water partition coefficient (Wildman–Crippen LogP) is 3.99. The topological polar surface area (TPSA) is 63.1 Å². The van der Waals surface area contributed by atoms with E-state index in [1.54, 1.807) is 26.0 Å². The predicted molar refractivity (Wildman–Crippen MR) is 82.1 cm³/mol. The number of rotatable bonds is 4. The normalized spacial score (nSPS) is 10.7. The summed E-state index contributed by atoms with van der Waals surface area (Å²) in [5.74, 6) is -0.484. The molecule has 1 N–H and O–H groups in total. The Morgan fingerprint density at radius 2 is 2.10 bits per heavy atom. The van der Waals surface area contributed by atoms with Gasteiger partial charge in [0, 0.05) is 5.75 Å². The lowest BCUT2D eigenvalue weighted by molar-refractivity contribution is 0.0690. The van der Waals surface area contributed by atoms with E-state index in [4.69, 9.17) is 0 Å². The number of aromatic carboxylic acids is 1. The molecule has 0 spiro atoms. The van der Waals surface area contributed by atoms with Crippen molar-refractivity contribution in [3.63, 3.8) is 0 Å². The summed E-state index contributed by atoms with van der Waals surface area (Å²) in [7, 11) is 0. The molecule has 0 amide bonds. The summed E-state index contributed by atoms with van der Waals surface area (Å²) in [6.45, 7) is 3.35. The molecule has 1 heterocycles. The molecule has 0 atom stereocenters. The third-order valence-corrected chi connectivity index (χ3v) is 4.69. The average molecular weight is 371 g/mol. The summed E-state index contributed by atoms with van der Waals surface area (Å²) in [5, 5.41) is 9.66. The van der Waals surface area contributed by atoms with E-state index in [9.17, 15) is 14.3 Å². The molecule has 0 aliphatic rings. The van der Waals surface area contributed by atoms with Crippen LogP contribution in [-0.4, -0.2) is 21.0 Å². The first-order valence-electron chi connectivity index (χ1n) is 6.04. The Hall–Kier alpha value is -1.47. The largest absolute Gasteiger partial charge is 0.478 e. The fraction of sp³-hybridized carbons (Fsp3) is 0.214. The van der Waals surface area contributed by atoms with Crippen LogP contribution >= 0.6 is 27.7 Å². The number of aryl methyl sites for hydroxylation is 2. The molecule has 4 nitrogen and oxygen atoms in total. The van der Waals surface area contributed by atoms with Gasteiger partial charge < -0.3 is 5.11 Å². The third kappa shape index (κ3) is 3.59. The molecule has 2 rings (SSSR count). The Bertz CT molecular complexity index is 710. The van der Waals surface area contributed by atoms with Gasteiger partial charge in [-0.15, -0.1) is 11.8 Å². The average Bonchev–Trinajstić information content (AvgIpc) is 2.39. The van der Waals surface area contributed by atoms with Crippen LogP contribution in [0.25, 0.3) is 0 Å². The van der Waals surface area contributed by atoms with E-state index in [0.29, 0.717) is 26.8 Å². The van der Waals surface area contributed by atoms with E-state index in [2.05, 4.69) is 25.9 Å². The lowest BCUT2D eigenvalue weighted by atomic mass is 10.2. The molecule has 0 saturated carbocycles. The van der Waals surface area contributed by atoms with E-state index >= 15 is 0 Å². The summed E-state index contributed by atoms with van der Waals surface area (Å²) >= 11 is 4.44. The van der Waals surface area contributed by atoms with Crippen molar-refractivity contribution in [1.82, 2.24) is 9.97 Å². The first-order valence-corrected chi connectivity index (χ1v) is 7.82. The van der Waals surface area contributed by atoms with Crippen LogP contribution in [0.1, 0.15) is 27.4 Å². The van der Waals surface area contributed by atoms with Gasteiger partial charge in [-0.05, 0) is 41.4 Å². The van der Waals surface area contributed by atoms with Crippen LogP contribution in [0, 0.1) is 19.7 Å². The maximum Gasteiger partial charge on any atom is 0.340 e.